The summed E-state index contributed by atoms with van der Waals surface area (Å²) in [5, 5.41) is 36.3. The topological polar surface area (TPSA) is 80.9 Å². The number of phenols is 2. The Kier molecular flexibility index (Phi) is 2.75. The van der Waals surface area contributed by atoms with Crippen LogP contribution in [0.4, 0.5) is 0 Å². The van der Waals surface area contributed by atoms with Crippen molar-refractivity contribution in [2.24, 2.45) is 0 Å². The molecule has 0 aliphatic rings. The first-order chi connectivity index (χ1) is 6.11. The van der Waals surface area contributed by atoms with Gasteiger partial charge in [-0.25, -0.2) is 0 Å². The average Bonchev–Trinajstić information content (AvgIpc) is 2.15. The molecule has 4 nitrogen and oxygen atoms in total. The van der Waals surface area contributed by atoms with Crippen molar-refractivity contribution in [3.8, 4) is 11.5 Å². The molecule has 0 saturated heterocycles. The molecular formula is C9H12O4. The summed E-state index contributed by atoms with van der Waals surface area (Å²) in [6, 6.07) is 1.46. The average molecular weight is 184 g/mol. The van der Waals surface area contributed by atoms with Gasteiger partial charge in [0.15, 0.2) is 11.5 Å². The number of rotatable bonds is 2. The van der Waals surface area contributed by atoms with Crippen molar-refractivity contribution < 1.29 is 20.4 Å². The summed E-state index contributed by atoms with van der Waals surface area (Å²) in [4.78, 5) is 0. The van der Waals surface area contributed by atoms with E-state index in [9.17, 15) is 10.2 Å². The number of aromatic hydroxyl groups is 2. The zero-order valence-electron chi connectivity index (χ0n) is 7.28. The monoisotopic (exact) mass is 184 g/mol. The number of benzene rings is 1. The first kappa shape index (κ1) is 9.83. The molecule has 0 saturated carbocycles. The minimum absolute atomic E-state index is 0.215. The molecular weight excluding hydrogens is 172 g/mol. The van der Waals surface area contributed by atoms with Crippen LogP contribution in [0.1, 0.15) is 16.7 Å². The van der Waals surface area contributed by atoms with Gasteiger partial charge in [-0.05, 0) is 18.6 Å². The minimum Gasteiger partial charge on any atom is -0.504 e. The molecule has 0 atom stereocenters. The smallest absolute Gasteiger partial charge is 0.163 e. The van der Waals surface area contributed by atoms with Crippen molar-refractivity contribution in [3.63, 3.8) is 0 Å². The van der Waals surface area contributed by atoms with Gasteiger partial charge in [-0.3, -0.25) is 0 Å². The van der Waals surface area contributed by atoms with Crippen LogP contribution in [0.2, 0.25) is 0 Å². The fourth-order valence-electron chi connectivity index (χ4n) is 1.15. The second-order valence-electron chi connectivity index (χ2n) is 2.83. The molecule has 1 rings (SSSR count). The second-order valence-corrected chi connectivity index (χ2v) is 2.83. The van der Waals surface area contributed by atoms with Gasteiger partial charge in [0.1, 0.15) is 0 Å². The van der Waals surface area contributed by atoms with Crippen LogP contribution >= 0.6 is 0 Å². The number of hydrogen-bond acceptors (Lipinski definition) is 4. The SMILES string of the molecule is Cc1c(CO)cc(CO)c(O)c1O. The van der Waals surface area contributed by atoms with E-state index in [2.05, 4.69) is 0 Å². The Morgan fingerprint density at radius 3 is 2.00 bits per heavy atom. The third-order valence-electron chi connectivity index (χ3n) is 2.05. The fourth-order valence-corrected chi connectivity index (χ4v) is 1.15. The van der Waals surface area contributed by atoms with Gasteiger partial charge in [0, 0.05) is 11.1 Å². The Balaban J connectivity index is 3.36. The summed E-state index contributed by atoms with van der Waals surface area (Å²) in [6.07, 6.45) is 0. The van der Waals surface area contributed by atoms with Crippen LogP contribution in [0, 0.1) is 6.92 Å². The Labute approximate surface area is 75.7 Å². The highest BCUT2D eigenvalue weighted by Crippen LogP contribution is 2.34. The maximum Gasteiger partial charge on any atom is 0.163 e. The summed E-state index contributed by atoms with van der Waals surface area (Å²) < 4.78 is 0. The van der Waals surface area contributed by atoms with Crippen LogP contribution in [-0.2, 0) is 13.2 Å². The lowest BCUT2D eigenvalue weighted by molar-refractivity contribution is 0.267. The van der Waals surface area contributed by atoms with Crippen LogP contribution in [0.15, 0.2) is 6.07 Å². The molecule has 0 radical (unpaired) electrons. The molecule has 0 amide bonds. The van der Waals surface area contributed by atoms with E-state index >= 15 is 0 Å². The molecule has 4 heteroatoms. The fraction of sp³-hybridized carbons (Fsp3) is 0.333. The van der Waals surface area contributed by atoms with Crippen molar-refractivity contribution in [1.82, 2.24) is 0 Å². The molecule has 0 unspecified atom stereocenters. The molecule has 0 heterocycles. The van der Waals surface area contributed by atoms with Gasteiger partial charge in [-0.1, -0.05) is 0 Å². The molecule has 13 heavy (non-hydrogen) atoms. The number of phenolic OH excluding ortho intramolecular Hbond substituents is 1. The molecule has 1 aromatic rings. The van der Waals surface area contributed by atoms with Crippen molar-refractivity contribution in [2.45, 2.75) is 20.1 Å². The van der Waals surface area contributed by atoms with Gasteiger partial charge >= 0.3 is 0 Å². The lowest BCUT2D eigenvalue weighted by atomic mass is 10.0. The van der Waals surface area contributed by atoms with E-state index in [-0.39, 0.29) is 30.3 Å². The van der Waals surface area contributed by atoms with E-state index in [0.29, 0.717) is 11.1 Å². The zero-order valence-corrected chi connectivity index (χ0v) is 7.28. The van der Waals surface area contributed by atoms with Crippen molar-refractivity contribution in [2.75, 3.05) is 0 Å². The van der Waals surface area contributed by atoms with Crippen molar-refractivity contribution in [1.29, 1.82) is 0 Å². The van der Waals surface area contributed by atoms with Gasteiger partial charge in [0.2, 0.25) is 0 Å². The maximum absolute atomic E-state index is 9.36. The number of hydrogen-bond donors (Lipinski definition) is 4. The normalized spacial score (nSPS) is 10.4. The van der Waals surface area contributed by atoms with Crippen LogP contribution in [0.5, 0.6) is 11.5 Å². The van der Waals surface area contributed by atoms with E-state index in [1.807, 2.05) is 0 Å². The van der Waals surface area contributed by atoms with E-state index in [1.165, 1.54) is 6.07 Å². The first-order valence-corrected chi connectivity index (χ1v) is 3.86. The van der Waals surface area contributed by atoms with Gasteiger partial charge in [-0.2, -0.15) is 0 Å². The first-order valence-electron chi connectivity index (χ1n) is 3.86. The molecule has 0 bridgehead atoms. The summed E-state index contributed by atoms with van der Waals surface area (Å²) in [6.45, 7) is 0.987. The highest BCUT2D eigenvalue weighted by molar-refractivity contribution is 5.53. The zero-order chi connectivity index (χ0) is 10.0. The van der Waals surface area contributed by atoms with Crippen LogP contribution < -0.4 is 0 Å². The molecule has 1 aromatic carbocycles. The quantitative estimate of drug-likeness (QED) is 0.501. The van der Waals surface area contributed by atoms with Crippen LogP contribution in [-0.4, -0.2) is 20.4 Å². The molecule has 0 spiro atoms. The predicted molar refractivity (Wildman–Crippen MR) is 46.4 cm³/mol. The Morgan fingerprint density at radius 2 is 1.54 bits per heavy atom. The third kappa shape index (κ3) is 1.59. The minimum atomic E-state index is -0.368. The van der Waals surface area contributed by atoms with Gasteiger partial charge in [0.25, 0.3) is 0 Å². The summed E-state index contributed by atoms with van der Waals surface area (Å²) in [5.74, 6) is -0.604. The Bertz CT molecular complexity index is 292. The molecule has 4 N–H and O–H groups in total. The largest absolute Gasteiger partial charge is 0.504 e. The summed E-state index contributed by atoms with van der Waals surface area (Å²) >= 11 is 0. The van der Waals surface area contributed by atoms with E-state index in [4.69, 9.17) is 10.2 Å². The van der Waals surface area contributed by atoms with Crippen molar-refractivity contribution >= 4 is 0 Å². The standard InChI is InChI=1S/C9H12O4/c1-5-6(3-10)2-7(4-11)9(13)8(5)12/h2,10-13H,3-4H2,1H3. The third-order valence-corrected chi connectivity index (χ3v) is 2.05. The molecule has 0 aromatic heterocycles. The molecule has 0 aliphatic heterocycles. The second kappa shape index (κ2) is 3.64. The van der Waals surface area contributed by atoms with E-state index < -0.39 is 0 Å². The highest BCUT2D eigenvalue weighted by Gasteiger charge is 2.12. The Hall–Kier alpha value is -1.26. The Morgan fingerprint density at radius 1 is 1.00 bits per heavy atom. The summed E-state index contributed by atoms with van der Waals surface area (Å²) in [7, 11) is 0. The summed E-state index contributed by atoms with van der Waals surface area (Å²) in [5.41, 5.74) is 1.14. The van der Waals surface area contributed by atoms with E-state index in [1.54, 1.807) is 6.92 Å². The number of aliphatic hydroxyl groups excluding tert-OH is 2. The molecule has 0 aliphatic carbocycles. The predicted octanol–water partition coefficient (Wildman–Crippen LogP) is 0.391. The lowest BCUT2D eigenvalue weighted by Crippen LogP contribution is -1.94. The number of aliphatic hydroxyl groups is 2. The van der Waals surface area contributed by atoms with Crippen molar-refractivity contribution in [3.05, 3.63) is 22.8 Å². The van der Waals surface area contributed by atoms with Crippen LogP contribution in [0.25, 0.3) is 0 Å². The molecule has 0 fully saturated rings. The van der Waals surface area contributed by atoms with Gasteiger partial charge in [0.05, 0.1) is 13.2 Å². The van der Waals surface area contributed by atoms with Gasteiger partial charge < -0.3 is 20.4 Å². The maximum atomic E-state index is 9.36. The lowest BCUT2D eigenvalue weighted by Gasteiger charge is -2.10. The van der Waals surface area contributed by atoms with Gasteiger partial charge in [-0.15, -0.1) is 0 Å². The molecule has 72 valence electrons. The van der Waals surface area contributed by atoms with Crippen LogP contribution in [0.3, 0.4) is 0 Å². The highest BCUT2D eigenvalue weighted by atomic mass is 16.3. The van der Waals surface area contributed by atoms with E-state index in [0.717, 1.165) is 0 Å².